The fraction of sp³-hybridized carbons (Fsp3) is 0.448. The molecule has 0 spiro atoms. The number of piperidine rings is 1. The van der Waals surface area contributed by atoms with Crippen molar-refractivity contribution in [3.63, 3.8) is 0 Å². The van der Waals surface area contributed by atoms with Gasteiger partial charge in [-0.25, -0.2) is 4.39 Å². The minimum absolute atomic E-state index is 0.0709. The Morgan fingerprint density at radius 1 is 1.24 bits per heavy atom. The van der Waals surface area contributed by atoms with Crippen LogP contribution in [0.1, 0.15) is 55.8 Å². The fourth-order valence-corrected chi connectivity index (χ4v) is 5.78. The third-order valence-corrected chi connectivity index (χ3v) is 7.97. The highest BCUT2D eigenvalue weighted by atomic mass is 35.5. The summed E-state index contributed by atoms with van der Waals surface area (Å²) in [6, 6.07) is 12.3. The van der Waals surface area contributed by atoms with Gasteiger partial charge in [-0.1, -0.05) is 29.8 Å². The first-order valence-electron chi connectivity index (χ1n) is 12.8. The Bertz CT molecular complexity index is 1230. The molecule has 1 aliphatic rings. The van der Waals surface area contributed by atoms with Gasteiger partial charge in [0.05, 0.1) is 30.2 Å². The van der Waals surface area contributed by atoms with Gasteiger partial charge in [0.1, 0.15) is 11.6 Å². The molecule has 2 aromatic carbocycles. The van der Waals surface area contributed by atoms with Gasteiger partial charge in [0.2, 0.25) is 0 Å². The van der Waals surface area contributed by atoms with Gasteiger partial charge in [-0.05, 0) is 93.4 Å². The maximum atomic E-state index is 13.9. The van der Waals surface area contributed by atoms with E-state index in [9.17, 15) is 19.4 Å². The number of aromatic nitrogens is 1. The van der Waals surface area contributed by atoms with E-state index in [1.54, 1.807) is 19.4 Å². The second-order valence-corrected chi connectivity index (χ2v) is 10.5. The Kier molecular flexibility index (Phi) is 9.00. The molecule has 8 heteroatoms. The molecular weight excluding hydrogens is 495 g/mol. The van der Waals surface area contributed by atoms with Crippen LogP contribution in [0.4, 0.5) is 4.39 Å². The summed E-state index contributed by atoms with van der Waals surface area (Å²) in [5, 5.41) is 22.0. The number of hydrogen-bond donors (Lipinski definition) is 2. The number of likely N-dealkylation sites (tertiary alicyclic amines) is 1. The third-order valence-electron chi connectivity index (χ3n) is 7.67. The number of aryl methyl sites for hydroxylation is 1. The van der Waals surface area contributed by atoms with E-state index in [1.807, 2.05) is 30.3 Å². The molecule has 0 unspecified atom stereocenters. The number of nitrogens with zero attached hydrogens (tertiary/aromatic N) is 2. The standard InChI is InChI=1S/C29H34ClFN2O4/c1-37-21-8-9-25-22(17-21)28(23(30)19-32-25)26(34)10-11-29(18-27(35)36)12-15-33(16-13-29)14-4-6-20-5-2-3-7-24(20)31/h2-3,5,7-9,17,19,26,34H,4,6,10-16,18H2,1H3,(H,35,36)/t26-/m0/s1. The molecule has 0 radical (unpaired) electrons. The van der Waals surface area contributed by atoms with Crippen LogP contribution in [0.2, 0.25) is 5.02 Å². The number of methoxy groups -OCH3 is 1. The summed E-state index contributed by atoms with van der Waals surface area (Å²) in [6.45, 7) is 2.42. The third kappa shape index (κ3) is 6.78. The molecule has 37 heavy (non-hydrogen) atoms. The van der Waals surface area contributed by atoms with E-state index in [-0.39, 0.29) is 17.7 Å². The van der Waals surface area contributed by atoms with Crippen molar-refractivity contribution >= 4 is 28.5 Å². The second kappa shape index (κ2) is 12.2. The Morgan fingerprint density at radius 3 is 2.70 bits per heavy atom. The number of halogens is 2. The summed E-state index contributed by atoms with van der Waals surface area (Å²) >= 11 is 6.47. The molecule has 0 amide bonds. The van der Waals surface area contributed by atoms with Crippen LogP contribution >= 0.6 is 11.6 Å². The smallest absolute Gasteiger partial charge is 0.303 e. The number of rotatable bonds is 11. The van der Waals surface area contributed by atoms with Crippen molar-refractivity contribution in [3.05, 3.63) is 70.6 Å². The van der Waals surface area contributed by atoms with Crippen molar-refractivity contribution in [1.29, 1.82) is 0 Å². The van der Waals surface area contributed by atoms with E-state index in [1.165, 1.54) is 6.07 Å². The Hall–Kier alpha value is -2.74. The number of carbonyl (C=O) groups is 1. The summed E-state index contributed by atoms with van der Waals surface area (Å²) in [5.41, 5.74) is 1.65. The average molecular weight is 529 g/mol. The van der Waals surface area contributed by atoms with Gasteiger partial charge in [-0.2, -0.15) is 0 Å². The molecule has 6 nitrogen and oxygen atoms in total. The van der Waals surface area contributed by atoms with Gasteiger partial charge in [-0.3, -0.25) is 9.78 Å². The number of aliphatic hydroxyl groups excluding tert-OH is 1. The van der Waals surface area contributed by atoms with Crippen LogP contribution in [-0.2, 0) is 11.2 Å². The molecule has 198 valence electrons. The highest BCUT2D eigenvalue weighted by Crippen LogP contribution is 2.43. The number of fused-ring (bicyclic) bond motifs is 1. The molecule has 2 heterocycles. The van der Waals surface area contributed by atoms with E-state index in [0.29, 0.717) is 41.1 Å². The number of carboxylic acid groups (broad SMARTS) is 1. The lowest BCUT2D eigenvalue weighted by Gasteiger charge is -2.41. The number of pyridine rings is 1. The van der Waals surface area contributed by atoms with Crippen LogP contribution < -0.4 is 4.74 Å². The van der Waals surface area contributed by atoms with Gasteiger partial charge < -0.3 is 19.8 Å². The zero-order valence-electron chi connectivity index (χ0n) is 21.1. The van der Waals surface area contributed by atoms with Gasteiger partial charge in [-0.15, -0.1) is 0 Å². The predicted octanol–water partition coefficient (Wildman–Crippen LogP) is 6.04. The molecule has 2 N–H and O–H groups in total. The number of carboxylic acids is 1. The fourth-order valence-electron chi connectivity index (χ4n) is 5.50. The maximum Gasteiger partial charge on any atom is 0.303 e. The first-order chi connectivity index (χ1) is 17.8. The number of hydrogen-bond acceptors (Lipinski definition) is 5. The normalized spacial score (nSPS) is 16.5. The highest BCUT2D eigenvalue weighted by Gasteiger charge is 2.37. The van der Waals surface area contributed by atoms with Crippen LogP contribution in [0.3, 0.4) is 0 Å². The number of ether oxygens (including phenoxy) is 1. The zero-order chi connectivity index (χ0) is 26.4. The molecule has 0 bridgehead atoms. The molecule has 1 fully saturated rings. The van der Waals surface area contributed by atoms with Crippen LogP contribution in [0.15, 0.2) is 48.7 Å². The number of aliphatic carboxylic acids is 1. The highest BCUT2D eigenvalue weighted by molar-refractivity contribution is 6.32. The monoisotopic (exact) mass is 528 g/mol. The van der Waals surface area contributed by atoms with Crippen molar-refractivity contribution in [1.82, 2.24) is 9.88 Å². The second-order valence-electron chi connectivity index (χ2n) is 10.1. The summed E-state index contributed by atoms with van der Waals surface area (Å²) in [5.74, 6) is -0.338. The minimum atomic E-state index is -0.852. The Labute approximate surface area is 222 Å². The molecule has 0 aliphatic carbocycles. The largest absolute Gasteiger partial charge is 0.497 e. The zero-order valence-corrected chi connectivity index (χ0v) is 21.9. The lowest BCUT2D eigenvalue weighted by atomic mass is 9.71. The van der Waals surface area contributed by atoms with Crippen molar-refractivity contribution in [3.8, 4) is 5.75 Å². The topological polar surface area (TPSA) is 82.9 Å². The van der Waals surface area contributed by atoms with Crippen LogP contribution in [0.5, 0.6) is 5.75 Å². The molecular formula is C29H34ClFN2O4. The first-order valence-corrected chi connectivity index (χ1v) is 13.2. The predicted molar refractivity (Wildman–Crippen MR) is 143 cm³/mol. The number of benzene rings is 2. The Morgan fingerprint density at radius 2 is 2.00 bits per heavy atom. The van der Waals surface area contributed by atoms with Crippen LogP contribution in [0, 0.1) is 11.2 Å². The van der Waals surface area contributed by atoms with Crippen molar-refractivity contribution in [2.45, 2.75) is 51.0 Å². The van der Waals surface area contributed by atoms with E-state index in [2.05, 4.69) is 9.88 Å². The molecule has 3 aromatic rings. The van der Waals surface area contributed by atoms with Crippen LogP contribution in [-0.4, -0.2) is 52.8 Å². The molecule has 0 saturated carbocycles. The summed E-state index contributed by atoms with van der Waals surface area (Å²) < 4.78 is 19.2. The Balaban J connectivity index is 1.39. The van der Waals surface area contributed by atoms with Gasteiger partial charge in [0, 0.05) is 17.1 Å². The molecule has 4 rings (SSSR count). The van der Waals surface area contributed by atoms with Crippen molar-refractivity contribution in [2.24, 2.45) is 5.41 Å². The van der Waals surface area contributed by atoms with E-state index < -0.39 is 12.1 Å². The summed E-state index contributed by atoms with van der Waals surface area (Å²) in [7, 11) is 1.58. The molecule has 1 aromatic heterocycles. The van der Waals surface area contributed by atoms with Crippen molar-refractivity contribution in [2.75, 3.05) is 26.7 Å². The van der Waals surface area contributed by atoms with Gasteiger partial charge in [0.15, 0.2) is 0 Å². The lowest BCUT2D eigenvalue weighted by molar-refractivity contribution is -0.141. The average Bonchev–Trinajstić information content (AvgIpc) is 2.89. The number of aliphatic hydroxyl groups is 1. The van der Waals surface area contributed by atoms with Crippen molar-refractivity contribution < 1.29 is 24.1 Å². The van der Waals surface area contributed by atoms with E-state index >= 15 is 0 Å². The molecule has 1 aliphatic heterocycles. The summed E-state index contributed by atoms with van der Waals surface area (Å²) in [6.07, 6.45) is 4.75. The lowest BCUT2D eigenvalue weighted by Crippen LogP contribution is -2.41. The van der Waals surface area contributed by atoms with Crippen LogP contribution in [0.25, 0.3) is 10.9 Å². The van der Waals surface area contributed by atoms with Gasteiger partial charge >= 0.3 is 5.97 Å². The quantitative estimate of drug-likeness (QED) is 0.316. The SMILES string of the molecule is COc1ccc2ncc(Cl)c([C@@H](O)CCC3(CC(=O)O)CCN(CCCc4ccccc4F)CC3)c2c1. The first kappa shape index (κ1) is 27.3. The van der Waals surface area contributed by atoms with Gasteiger partial charge in [0.25, 0.3) is 0 Å². The molecule has 1 saturated heterocycles. The maximum absolute atomic E-state index is 13.9. The van der Waals surface area contributed by atoms with E-state index in [0.717, 1.165) is 49.8 Å². The molecule has 1 atom stereocenters. The van der Waals surface area contributed by atoms with E-state index in [4.69, 9.17) is 16.3 Å². The summed E-state index contributed by atoms with van der Waals surface area (Å²) in [4.78, 5) is 18.5. The minimum Gasteiger partial charge on any atom is -0.497 e.